The smallest absolute Gasteiger partial charge is 0.100 e. The van der Waals surface area contributed by atoms with Crippen LogP contribution in [0, 0.1) is 0 Å². The third kappa shape index (κ3) is 2.55. The van der Waals surface area contributed by atoms with Crippen LogP contribution in [0.4, 0.5) is 0 Å². The van der Waals surface area contributed by atoms with Crippen LogP contribution >= 0.6 is 11.6 Å². The topological polar surface area (TPSA) is 20.5 Å². The Hall–Kier alpha value is -1.48. The first-order chi connectivity index (χ1) is 9.65. The van der Waals surface area contributed by atoms with Crippen LogP contribution in [0.25, 0.3) is 11.6 Å². The Morgan fingerprint density at radius 1 is 1.25 bits per heavy atom. The van der Waals surface area contributed by atoms with Gasteiger partial charge in [0.1, 0.15) is 6.33 Å². The summed E-state index contributed by atoms with van der Waals surface area (Å²) in [7, 11) is 0. The standard InChI is InChI=1S/C16H20ClN3/c1-12(2)16-15-10-13(17)9-14(20(15)11-18-16)5-8-19-6-3-4-7-19/h5,8-12H,3-4,6-7H2,1-2H3. The molecule has 4 heteroatoms. The largest absolute Gasteiger partial charge is 0.377 e. The first-order valence-corrected chi connectivity index (χ1v) is 7.61. The first kappa shape index (κ1) is 13.5. The molecule has 2 aromatic heterocycles. The molecule has 0 spiro atoms. The Bertz CT molecular complexity index is 636. The fraction of sp³-hybridized carbons (Fsp3) is 0.438. The lowest BCUT2D eigenvalue weighted by atomic mass is 10.1. The minimum atomic E-state index is 0.397. The molecule has 0 bridgehead atoms. The van der Waals surface area contributed by atoms with Gasteiger partial charge in [-0.15, -0.1) is 0 Å². The van der Waals surface area contributed by atoms with E-state index in [4.69, 9.17) is 11.6 Å². The minimum absolute atomic E-state index is 0.397. The van der Waals surface area contributed by atoms with Crippen LogP contribution < -0.4 is 0 Å². The van der Waals surface area contributed by atoms with E-state index in [2.05, 4.69) is 40.4 Å². The molecule has 0 radical (unpaired) electrons. The molecular weight excluding hydrogens is 270 g/mol. The first-order valence-electron chi connectivity index (χ1n) is 7.24. The summed E-state index contributed by atoms with van der Waals surface area (Å²) in [6, 6.07) is 3.99. The van der Waals surface area contributed by atoms with Gasteiger partial charge in [-0.25, -0.2) is 4.98 Å². The molecule has 1 aliphatic rings. The second kappa shape index (κ2) is 5.49. The van der Waals surface area contributed by atoms with Crippen molar-refractivity contribution in [3.63, 3.8) is 0 Å². The third-order valence-electron chi connectivity index (χ3n) is 3.82. The van der Waals surface area contributed by atoms with Crippen molar-refractivity contribution in [3.05, 3.63) is 41.1 Å². The molecule has 3 heterocycles. The average molecular weight is 290 g/mol. The molecule has 0 aromatic carbocycles. The molecule has 106 valence electrons. The molecular formula is C16H20ClN3. The summed E-state index contributed by atoms with van der Waals surface area (Å²) in [6.45, 7) is 6.62. The predicted octanol–water partition coefficient (Wildman–Crippen LogP) is 4.18. The van der Waals surface area contributed by atoms with Crippen molar-refractivity contribution in [3.8, 4) is 0 Å². The highest BCUT2D eigenvalue weighted by molar-refractivity contribution is 6.31. The summed E-state index contributed by atoms with van der Waals surface area (Å²) in [5.74, 6) is 0.397. The fourth-order valence-electron chi connectivity index (χ4n) is 2.75. The highest BCUT2D eigenvalue weighted by Gasteiger charge is 2.11. The maximum atomic E-state index is 6.26. The maximum absolute atomic E-state index is 6.26. The number of aromatic nitrogens is 2. The summed E-state index contributed by atoms with van der Waals surface area (Å²) in [6.07, 6.45) is 8.78. The summed E-state index contributed by atoms with van der Waals surface area (Å²) < 4.78 is 2.12. The van der Waals surface area contributed by atoms with Gasteiger partial charge in [0.2, 0.25) is 0 Å². The van der Waals surface area contributed by atoms with E-state index in [9.17, 15) is 0 Å². The number of hydrogen-bond acceptors (Lipinski definition) is 2. The quantitative estimate of drug-likeness (QED) is 0.845. The molecule has 0 atom stereocenters. The zero-order valence-corrected chi connectivity index (χ0v) is 12.8. The average Bonchev–Trinajstić information content (AvgIpc) is 3.04. The molecule has 0 amide bonds. The summed E-state index contributed by atoms with van der Waals surface area (Å²) in [5.41, 5.74) is 3.29. The number of hydrogen-bond donors (Lipinski definition) is 0. The van der Waals surface area contributed by atoms with Gasteiger partial charge in [-0.1, -0.05) is 25.4 Å². The van der Waals surface area contributed by atoms with E-state index in [-0.39, 0.29) is 0 Å². The van der Waals surface area contributed by atoms with Crippen LogP contribution in [-0.2, 0) is 0 Å². The number of likely N-dealkylation sites (tertiary alicyclic amines) is 1. The highest BCUT2D eigenvalue weighted by Crippen LogP contribution is 2.24. The van der Waals surface area contributed by atoms with Gasteiger partial charge < -0.3 is 4.90 Å². The lowest BCUT2D eigenvalue weighted by Gasteiger charge is -2.11. The van der Waals surface area contributed by atoms with Crippen molar-refractivity contribution >= 4 is 23.2 Å². The van der Waals surface area contributed by atoms with E-state index >= 15 is 0 Å². The number of pyridine rings is 1. The third-order valence-corrected chi connectivity index (χ3v) is 4.03. The monoisotopic (exact) mass is 289 g/mol. The molecule has 1 fully saturated rings. The molecule has 0 aliphatic carbocycles. The van der Waals surface area contributed by atoms with E-state index in [0.717, 1.165) is 35.0 Å². The van der Waals surface area contributed by atoms with Crippen molar-refractivity contribution in [1.29, 1.82) is 0 Å². The van der Waals surface area contributed by atoms with Crippen LogP contribution in [0.5, 0.6) is 0 Å². The van der Waals surface area contributed by atoms with Crippen LogP contribution in [-0.4, -0.2) is 27.4 Å². The second-order valence-corrected chi connectivity index (χ2v) is 6.13. The predicted molar refractivity (Wildman–Crippen MR) is 84.1 cm³/mol. The van der Waals surface area contributed by atoms with E-state index < -0.39 is 0 Å². The zero-order chi connectivity index (χ0) is 14.1. The number of nitrogens with zero attached hydrogens (tertiary/aromatic N) is 3. The molecule has 2 aromatic rings. The molecule has 0 saturated carbocycles. The molecule has 0 unspecified atom stereocenters. The maximum Gasteiger partial charge on any atom is 0.100 e. The number of rotatable bonds is 3. The summed E-state index contributed by atoms with van der Waals surface area (Å²) >= 11 is 6.26. The normalized spacial score (nSPS) is 16.1. The van der Waals surface area contributed by atoms with Gasteiger partial charge in [-0.2, -0.15) is 0 Å². The van der Waals surface area contributed by atoms with Crippen molar-refractivity contribution in [2.24, 2.45) is 0 Å². The van der Waals surface area contributed by atoms with Gasteiger partial charge in [-0.05, 0) is 37.0 Å². The molecule has 0 N–H and O–H groups in total. The van der Waals surface area contributed by atoms with Crippen LogP contribution in [0.1, 0.15) is 44.0 Å². The Kier molecular flexibility index (Phi) is 3.70. The van der Waals surface area contributed by atoms with Gasteiger partial charge >= 0.3 is 0 Å². The highest BCUT2D eigenvalue weighted by atomic mass is 35.5. The number of halogens is 1. The Labute approximate surface area is 124 Å². The Morgan fingerprint density at radius 3 is 2.70 bits per heavy atom. The van der Waals surface area contributed by atoms with Gasteiger partial charge in [0.15, 0.2) is 0 Å². The minimum Gasteiger partial charge on any atom is -0.377 e. The Morgan fingerprint density at radius 2 is 2.00 bits per heavy atom. The fourth-order valence-corrected chi connectivity index (χ4v) is 2.96. The number of imidazole rings is 1. The van der Waals surface area contributed by atoms with Crippen molar-refractivity contribution in [2.75, 3.05) is 13.1 Å². The van der Waals surface area contributed by atoms with Crippen molar-refractivity contribution < 1.29 is 0 Å². The van der Waals surface area contributed by atoms with Gasteiger partial charge in [0.05, 0.1) is 16.9 Å². The van der Waals surface area contributed by atoms with Crippen LogP contribution in [0.15, 0.2) is 24.7 Å². The van der Waals surface area contributed by atoms with E-state index in [0.29, 0.717) is 5.92 Å². The van der Waals surface area contributed by atoms with E-state index in [1.54, 1.807) is 0 Å². The van der Waals surface area contributed by atoms with Gasteiger partial charge in [-0.3, -0.25) is 4.40 Å². The molecule has 20 heavy (non-hydrogen) atoms. The molecule has 3 rings (SSSR count). The second-order valence-electron chi connectivity index (χ2n) is 5.70. The van der Waals surface area contributed by atoms with Gasteiger partial charge in [0.25, 0.3) is 0 Å². The molecule has 1 saturated heterocycles. The lowest BCUT2D eigenvalue weighted by molar-refractivity contribution is 0.471. The number of fused-ring (bicyclic) bond motifs is 1. The van der Waals surface area contributed by atoms with E-state index in [1.165, 1.54) is 12.8 Å². The van der Waals surface area contributed by atoms with Crippen LogP contribution in [0.2, 0.25) is 5.02 Å². The SMILES string of the molecule is CC(C)c1ncn2c(C=CN3CCCC3)cc(Cl)cc12. The molecule has 3 nitrogen and oxygen atoms in total. The van der Waals surface area contributed by atoms with Gasteiger partial charge in [0, 0.05) is 24.3 Å². The zero-order valence-electron chi connectivity index (χ0n) is 12.0. The summed E-state index contributed by atoms with van der Waals surface area (Å²) in [4.78, 5) is 6.89. The summed E-state index contributed by atoms with van der Waals surface area (Å²) in [5, 5.41) is 0.765. The van der Waals surface area contributed by atoms with Crippen molar-refractivity contribution in [2.45, 2.75) is 32.6 Å². The van der Waals surface area contributed by atoms with E-state index in [1.807, 2.05) is 18.5 Å². The lowest BCUT2D eigenvalue weighted by Crippen LogP contribution is -2.10. The van der Waals surface area contributed by atoms with Crippen molar-refractivity contribution in [1.82, 2.24) is 14.3 Å². The van der Waals surface area contributed by atoms with Crippen LogP contribution in [0.3, 0.4) is 0 Å². The Balaban J connectivity index is 2.01. The molecule has 1 aliphatic heterocycles.